The summed E-state index contributed by atoms with van der Waals surface area (Å²) in [7, 11) is 1.99. The molecule has 0 spiro atoms. The minimum absolute atomic E-state index is 0.0131. The lowest BCUT2D eigenvalue weighted by Gasteiger charge is -2.36. The second-order valence-electron chi connectivity index (χ2n) is 7.25. The molecule has 4 rings (SSSR count). The molecule has 0 unspecified atom stereocenters. The molecule has 1 atom stereocenters. The molecular formula is C21H25N3O3. The molecular weight excluding hydrogens is 342 g/mol. The van der Waals surface area contributed by atoms with Crippen LogP contribution in [0.4, 0.5) is 0 Å². The Labute approximate surface area is 159 Å². The maximum Gasteiger partial charge on any atom is 0.254 e. The Hall–Kier alpha value is -2.60. The van der Waals surface area contributed by atoms with E-state index in [0.29, 0.717) is 38.3 Å². The van der Waals surface area contributed by atoms with Gasteiger partial charge in [0.2, 0.25) is 5.91 Å². The summed E-state index contributed by atoms with van der Waals surface area (Å²) in [6.45, 7) is 3.00. The van der Waals surface area contributed by atoms with Gasteiger partial charge < -0.3 is 19.1 Å². The molecule has 2 aliphatic heterocycles. The highest BCUT2D eigenvalue weighted by Gasteiger charge is 2.31. The molecule has 1 aromatic heterocycles. The van der Waals surface area contributed by atoms with Crippen LogP contribution >= 0.6 is 0 Å². The molecule has 2 amide bonds. The van der Waals surface area contributed by atoms with Gasteiger partial charge in [0.05, 0.1) is 19.3 Å². The molecule has 142 valence electrons. The number of carbonyl (C=O) groups excluding carboxylic acids is 2. The van der Waals surface area contributed by atoms with Crippen molar-refractivity contribution < 1.29 is 14.3 Å². The zero-order valence-corrected chi connectivity index (χ0v) is 15.6. The van der Waals surface area contributed by atoms with Crippen molar-refractivity contribution in [3.8, 4) is 0 Å². The van der Waals surface area contributed by atoms with Crippen molar-refractivity contribution in [1.29, 1.82) is 0 Å². The second kappa shape index (κ2) is 7.56. The molecule has 6 nitrogen and oxygen atoms in total. The van der Waals surface area contributed by atoms with Crippen LogP contribution in [0.3, 0.4) is 0 Å². The van der Waals surface area contributed by atoms with E-state index in [4.69, 9.17) is 4.74 Å². The van der Waals surface area contributed by atoms with Gasteiger partial charge in [-0.25, -0.2) is 0 Å². The summed E-state index contributed by atoms with van der Waals surface area (Å²) in [5.41, 5.74) is 2.74. The van der Waals surface area contributed by atoms with E-state index in [1.54, 1.807) is 0 Å². The normalized spacial score (nSPS) is 20.3. The number of benzene rings is 1. The maximum atomic E-state index is 13.3. The lowest BCUT2D eigenvalue weighted by Crippen LogP contribution is -2.44. The highest BCUT2D eigenvalue weighted by Crippen LogP contribution is 2.26. The molecule has 0 radical (unpaired) electrons. The van der Waals surface area contributed by atoms with Crippen LogP contribution in [0.2, 0.25) is 0 Å². The molecule has 1 aromatic carbocycles. The van der Waals surface area contributed by atoms with Crippen molar-refractivity contribution in [3.63, 3.8) is 0 Å². The third-order valence-corrected chi connectivity index (χ3v) is 5.43. The molecule has 2 aliphatic rings. The first-order valence-corrected chi connectivity index (χ1v) is 9.50. The molecule has 2 aromatic rings. The number of aryl methyl sites for hydroxylation is 1. The Morgan fingerprint density at radius 2 is 2.11 bits per heavy atom. The van der Waals surface area contributed by atoms with Crippen LogP contribution < -0.4 is 0 Å². The van der Waals surface area contributed by atoms with E-state index < -0.39 is 0 Å². The lowest BCUT2D eigenvalue weighted by molar-refractivity contribution is -0.128. The number of hydrogen-bond donors (Lipinski definition) is 0. The van der Waals surface area contributed by atoms with Crippen LogP contribution in [-0.4, -0.2) is 52.5 Å². The number of amides is 2. The van der Waals surface area contributed by atoms with Crippen LogP contribution in [0.25, 0.3) is 0 Å². The molecule has 3 heterocycles. The molecule has 2 saturated heterocycles. The van der Waals surface area contributed by atoms with Crippen LogP contribution in [0.1, 0.15) is 40.5 Å². The van der Waals surface area contributed by atoms with Gasteiger partial charge in [0, 0.05) is 50.6 Å². The molecule has 0 N–H and O–H groups in total. The fraction of sp³-hybridized carbons (Fsp3) is 0.429. The van der Waals surface area contributed by atoms with Gasteiger partial charge >= 0.3 is 0 Å². The highest BCUT2D eigenvalue weighted by atomic mass is 16.5. The Morgan fingerprint density at radius 3 is 2.85 bits per heavy atom. The number of carbonyl (C=O) groups is 2. The van der Waals surface area contributed by atoms with Crippen LogP contribution in [0.15, 0.2) is 42.6 Å². The smallest absolute Gasteiger partial charge is 0.254 e. The largest absolute Gasteiger partial charge is 0.377 e. The van der Waals surface area contributed by atoms with Crippen LogP contribution in [0, 0.1) is 0 Å². The van der Waals surface area contributed by atoms with E-state index in [-0.39, 0.29) is 17.9 Å². The number of aromatic nitrogens is 1. The maximum absolute atomic E-state index is 13.3. The van der Waals surface area contributed by atoms with Gasteiger partial charge in [-0.05, 0) is 36.2 Å². The predicted octanol–water partition coefficient (Wildman–Crippen LogP) is 2.36. The summed E-state index contributed by atoms with van der Waals surface area (Å²) in [5.74, 6) is 0.211. The predicted molar refractivity (Wildman–Crippen MR) is 101 cm³/mol. The number of morpholine rings is 1. The number of hydrogen-bond acceptors (Lipinski definition) is 3. The summed E-state index contributed by atoms with van der Waals surface area (Å²) < 4.78 is 7.69. The van der Waals surface area contributed by atoms with Crippen LogP contribution in [0.5, 0.6) is 0 Å². The average molecular weight is 367 g/mol. The molecule has 2 fully saturated rings. The second-order valence-corrected chi connectivity index (χ2v) is 7.25. The summed E-state index contributed by atoms with van der Waals surface area (Å²) in [4.78, 5) is 28.9. The zero-order chi connectivity index (χ0) is 18.8. The highest BCUT2D eigenvalue weighted by molar-refractivity contribution is 5.94. The van der Waals surface area contributed by atoms with Gasteiger partial charge in [-0.2, -0.15) is 0 Å². The third-order valence-electron chi connectivity index (χ3n) is 5.43. The number of likely N-dealkylation sites (tertiary alicyclic amines) is 1. The molecule has 0 aliphatic carbocycles. The van der Waals surface area contributed by atoms with Gasteiger partial charge in [-0.15, -0.1) is 0 Å². The van der Waals surface area contributed by atoms with Gasteiger partial charge in [0.15, 0.2) is 0 Å². The van der Waals surface area contributed by atoms with Crippen molar-refractivity contribution in [3.05, 3.63) is 59.4 Å². The Morgan fingerprint density at radius 1 is 1.22 bits per heavy atom. The zero-order valence-electron chi connectivity index (χ0n) is 15.6. The summed E-state index contributed by atoms with van der Waals surface area (Å²) >= 11 is 0. The average Bonchev–Trinajstić information content (AvgIpc) is 3.29. The first kappa shape index (κ1) is 17.8. The molecule has 27 heavy (non-hydrogen) atoms. The SMILES string of the molecule is Cn1cccc1[C@H]1COCCN1C(=O)c1cccc(CN2CCCC2=O)c1. The summed E-state index contributed by atoms with van der Waals surface area (Å²) in [6, 6.07) is 11.6. The van der Waals surface area contributed by atoms with E-state index in [1.807, 2.05) is 64.0 Å². The Kier molecular flexibility index (Phi) is 4.99. The number of rotatable bonds is 4. The van der Waals surface area contributed by atoms with Gasteiger partial charge in [-0.1, -0.05) is 12.1 Å². The van der Waals surface area contributed by atoms with Crippen molar-refractivity contribution in [2.45, 2.75) is 25.4 Å². The summed E-state index contributed by atoms with van der Waals surface area (Å²) in [6.07, 6.45) is 3.54. The van der Waals surface area contributed by atoms with Crippen molar-refractivity contribution >= 4 is 11.8 Å². The molecule has 6 heteroatoms. The fourth-order valence-corrected chi connectivity index (χ4v) is 3.97. The molecule has 0 saturated carbocycles. The van der Waals surface area contributed by atoms with Crippen molar-refractivity contribution in [2.75, 3.05) is 26.3 Å². The first-order chi connectivity index (χ1) is 13.1. The minimum atomic E-state index is -0.0879. The third kappa shape index (κ3) is 3.62. The Balaban J connectivity index is 1.55. The molecule has 0 bridgehead atoms. The quantitative estimate of drug-likeness (QED) is 0.834. The van der Waals surface area contributed by atoms with E-state index in [1.165, 1.54) is 0 Å². The fourth-order valence-electron chi connectivity index (χ4n) is 3.97. The summed E-state index contributed by atoms with van der Waals surface area (Å²) in [5, 5.41) is 0. The Bertz CT molecular complexity index is 845. The van der Waals surface area contributed by atoms with Crippen molar-refractivity contribution in [1.82, 2.24) is 14.4 Å². The monoisotopic (exact) mass is 367 g/mol. The van der Waals surface area contributed by atoms with E-state index in [9.17, 15) is 9.59 Å². The topological polar surface area (TPSA) is 54.8 Å². The van der Waals surface area contributed by atoms with E-state index >= 15 is 0 Å². The van der Waals surface area contributed by atoms with Crippen LogP contribution in [-0.2, 0) is 23.1 Å². The van der Waals surface area contributed by atoms with Gasteiger partial charge in [-0.3, -0.25) is 9.59 Å². The van der Waals surface area contributed by atoms with E-state index in [2.05, 4.69) is 0 Å². The van der Waals surface area contributed by atoms with E-state index in [0.717, 1.165) is 24.2 Å². The first-order valence-electron chi connectivity index (χ1n) is 9.50. The van der Waals surface area contributed by atoms with Gasteiger partial charge in [0.25, 0.3) is 5.91 Å². The van der Waals surface area contributed by atoms with Crippen molar-refractivity contribution in [2.24, 2.45) is 7.05 Å². The number of nitrogens with zero attached hydrogens (tertiary/aromatic N) is 3. The number of ether oxygens (including phenoxy) is 1. The standard InChI is InChI=1S/C21H25N3O3/c1-22-9-3-7-18(22)19-15-27-12-11-24(19)21(26)17-6-2-5-16(13-17)14-23-10-4-8-20(23)25/h2-3,5-7,9,13,19H,4,8,10-12,14-15H2,1H3/t19-/m1/s1. The minimum Gasteiger partial charge on any atom is -0.377 e. The van der Waals surface area contributed by atoms with Gasteiger partial charge in [0.1, 0.15) is 0 Å². The lowest BCUT2D eigenvalue weighted by atomic mass is 10.1.